The van der Waals surface area contributed by atoms with Crippen LogP contribution in [0.3, 0.4) is 0 Å². The fourth-order valence-electron chi connectivity index (χ4n) is 3.51. The first kappa shape index (κ1) is 13.9. The van der Waals surface area contributed by atoms with Crippen LogP contribution in [0.2, 0.25) is 0 Å². The van der Waals surface area contributed by atoms with Crippen LogP contribution >= 0.6 is 0 Å². The largest absolute Gasteiger partial charge is 0.385 e. The van der Waals surface area contributed by atoms with Crippen LogP contribution in [-0.2, 0) is 0 Å². The van der Waals surface area contributed by atoms with Gasteiger partial charge in [-0.25, -0.2) is 0 Å². The van der Waals surface area contributed by atoms with Crippen molar-refractivity contribution in [2.45, 2.75) is 32.2 Å². The van der Waals surface area contributed by atoms with E-state index in [1.807, 2.05) is 11.8 Å². The van der Waals surface area contributed by atoms with Crippen LogP contribution in [0.15, 0.2) is 18.2 Å². The quantitative estimate of drug-likeness (QED) is 0.683. The van der Waals surface area contributed by atoms with Gasteiger partial charge in [0.15, 0.2) is 0 Å². The fraction of sp³-hybridized carbons (Fsp3) is 0.533. The molecule has 2 aliphatic rings. The summed E-state index contributed by atoms with van der Waals surface area (Å²) in [6.45, 7) is 3.40. The van der Waals surface area contributed by atoms with Crippen molar-refractivity contribution in [2.24, 2.45) is 5.92 Å². The number of hydrogen-bond donors (Lipinski definition) is 1. The molecule has 1 aromatic carbocycles. The summed E-state index contributed by atoms with van der Waals surface area (Å²) in [4.78, 5) is 25.2. The lowest BCUT2D eigenvalue weighted by molar-refractivity contribution is -0.385. The summed E-state index contributed by atoms with van der Waals surface area (Å²) in [6.07, 6.45) is 3.25. The molecule has 1 saturated heterocycles. The van der Waals surface area contributed by atoms with Gasteiger partial charge in [-0.15, -0.1) is 0 Å². The maximum atomic E-state index is 12.7. The van der Waals surface area contributed by atoms with Crippen molar-refractivity contribution >= 4 is 17.3 Å². The zero-order chi connectivity index (χ0) is 15.0. The van der Waals surface area contributed by atoms with Crippen LogP contribution in [0, 0.1) is 16.0 Å². The van der Waals surface area contributed by atoms with E-state index in [0.717, 1.165) is 25.1 Å². The van der Waals surface area contributed by atoms with E-state index < -0.39 is 4.92 Å². The monoisotopic (exact) mass is 289 g/mol. The van der Waals surface area contributed by atoms with Gasteiger partial charge in [0.05, 0.1) is 4.92 Å². The number of nitro groups is 1. The molecule has 0 spiro atoms. The number of likely N-dealkylation sites (tertiary alicyclic amines) is 1. The van der Waals surface area contributed by atoms with Gasteiger partial charge in [0.2, 0.25) is 0 Å². The van der Waals surface area contributed by atoms with Crippen LogP contribution in [-0.4, -0.2) is 34.9 Å². The fourth-order valence-corrected chi connectivity index (χ4v) is 3.51. The molecule has 112 valence electrons. The maximum Gasteiger partial charge on any atom is 0.282 e. The SMILES string of the molecule is CCNc1ccc([N+](=O)[O-])c(C(=O)N2CC3CCC2C3)c1. The average Bonchev–Trinajstić information content (AvgIpc) is 3.09. The molecule has 2 bridgehead atoms. The lowest BCUT2D eigenvalue weighted by atomic mass is 10.1. The third kappa shape index (κ3) is 2.46. The molecule has 21 heavy (non-hydrogen) atoms. The average molecular weight is 289 g/mol. The number of rotatable bonds is 4. The molecule has 1 amide bonds. The van der Waals surface area contributed by atoms with Crippen LogP contribution in [0.4, 0.5) is 11.4 Å². The van der Waals surface area contributed by atoms with Crippen molar-refractivity contribution in [1.82, 2.24) is 4.90 Å². The number of nitro benzene ring substituents is 1. The molecule has 3 rings (SSSR count). The lowest BCUT2D eigenvalue weighted by Gasteiger charge is -2.27. The summed E-state index contributed by atoms with van der Waals surface area (Å²) in [5.74, 6) is 0.378. The second kappa shape index (κ2) is 5.35. The van der Waals surface area contributed by atoms with Gasteiger partial charge < -0.3 is 10.2 Å². The number of carbonyl (C=O) groups is 1. The van der Waals surface area contributed by atoms with Gasteiger partial charge in [-0.1, -0.05) is 0 Å². The summed E-state index contributed by atoms with van der Waals surface area (Å²) in [7, 11) is 0. The molecule has 0 radical (unpaired) electrons. The number of nitrogens with one attached hydrogen (secondary N) is 1. The molecule has 2 fully saturated rings. The number of fused-ring (bicyclic) bond motifs is 2. The van der Waals surface area contributed by atoms with Gasteiger partial charge in [-0.2, -0.15) is 0 Å². The first-order valence-corrected chi connectivity index (χ1v) is 7.43. The second-order valence-corrected chi connectivity index (χ2v) is 5.81. The van der Waals surface area contributed by atoms with Gasteiger partial charge in [-0.3, -0.25) is 14.9 Å². The summed E-state index contributed by atoms with van der Waals surface area (Å²) < 4.78 is 0. The molecule has 1 aliphatic carbocycles. The maximum absolute atomic E-state index is 12.7. The number of anilines is 1. The molecule has 2 atom stereocenters. The summed E-state index contributed by atoms with van der Waals surface area (Å²) in [6, 6.07) is 4.94. The Kier molecular flexibility index (Phi) is 3.53. The van der Waals surface area contributed by atoms with E-state index in [0.29, 0.717) is 12.5 Å². The number of amides is 1. The summed E-state index contributed by atoms with van der Waals surface area (Å²) in [5, 5.41) is 14.3. The molecule has 2 unspecified atom stereocenters. The second-order valence-electron chi connectivity index (χ2n) is 5.81. The molecule has 0 aromatic heterocycles. The minimum atomic E-state index is -0.475. The Morgan fingerprint density at radius 3 is 2.86 bits per heavy atom. The number of benzene rings is 1. The first-order valence-electron chi connectivity index (χ1n) is 7.43. The van der Waals surface area contributed by atoms with E-state index in [9.17, 15) is 14.9 Å². The molecular weight excluding hydrogens is 270 g/mol. The Morgan fingerprint density at radius 2 is 2.29 bits per heavy atom. The predicted octanol–water partition coefficient (Wildman–Crippen LogP) is 2.65. The third-order valence-electron chi connectivity index (χ3n) is 4.47. The molecule has 6 heteroatoms. The van der Waals surface area contributed by atoms with E-state index in [2.05, 4.69) is 5.32 Å². The van der Waals surface area contributed by atoms with E-state index >= 15 is 0 Å². The molecule has 1 aromatic rings. The zero-order valence-corrected chi connectivity index (χ0v) is 12.0. The van der Waals surface area contributed by atoms with Crippen molar-refractivity contribution in [1.29, 1.82) is 0 Å². The first-order chi connectivity index (χ1) is 10.1. The van der Waals surface area contributed by atoms with Crippen LogP contribution in [0.5, 0.6) is 0 Å². The number of hydrogen-bond acceptors (Lipinski definition) is 4. The van der Waals surface area contributed by atoms with Gasteiger partial charge in [0.1, 0.15) is 5.56 Å². The Balaban J connectivity index is 1.93. The zero-order valence-electron chi connectivity index (χ0n) is 12.0. The normalized spacial score (nSPS) is 23.4. The number of nitrogens with zero attached hydrogens (tertiary/aromatic N) is 2. The Bertz CT molecular complexity index is 588. The summed E-state index contributed by atoms with van der Waals surface area (Å²) >= 11 is 0. The van der Waals surface area contributed by atoms with Gasteiger partial charge in [0, 0.05) is 30.9 Å². The van der Waals surface area contributed by atoms with E-state index in [1.54, 1.807) is 12.1 Å². The van der Waals surface area contributed by atoms with Crippen LogP contribution in [0.1, 0.15) is 36.5 Å². The van der Waals surface area contributed by atoms with E-state index in [1.165, 1.54) is 12.5 Å². The highest BCUT2D eigenvalue weighted by Crippen LogP contribution is 2.39. The van der Waals surface area contributed by atoms with Crippen molar-refractivity contribution < 1.29 is 9.72 Å². The molecule has 1 saturated carbocycles. The number of carbonyl (C=O) groups excluding carboxylic acids is 1. The smallest absolute Gasteiger partial charge is 0.282 e. The van der Waals surface area contributed by atoms with Crippen LogP contribution in [0.25, 0.3) is 0 Å². The molecule has 1 N–H and O–H groups in total. The highest BCUT2D eigenvalue weighted by Gasteiger charge is 2.41. The minimum absolute atomic E-state index is 0.107. The van der Waals surface area contributed by atoms with E-state index in [4.69, 9.17) is 0 Å². The van der Waals surface area contributed by atoms with Crippen molar-refractivity contribution in [3.05, 3.63) is 33.9 Å². The van der Waals surface area contributed by atoms with E-state index in [-0.39, 0.29) is 23.2 Å². The molecular formula is C15H19N3O3. The molecule has 1 aliphatic heterocycles. The third-order valence-corrected chi connectivity index (χ3v) is 4.47. The summed E-state index contributed by atoms with van der Waals surface area (Å²) in [5.41, 5.74) is 0.839. The number of piperidine rings is 1. The van der Waals surface area contributed by atoms with Crippen molar-refractivity contribution in [3.8, 4) is 0 Å². The Hall–Kier alpha value is -2.11. The van der Waals surface area contributed by atoms with Crippen LogP contribution < -0.4 is 5.32 Å². The highest BCUT2D eigenvalue weighted by atomic mass is 16.6. The predicted molar refractivity (Wildman–Crippen MR) is 79.4 cm³/mol. The molecule has 6 nitrogen and oxygen atoms in total. The Labute approximate surface area is 123 Å². The van der Waals surface area contributed by atoms with Gasteiger partial charge in [-0.05, 0) is 44.2 Å². The molecule has 1 heterocycles. The lowest BCUT2D eigenvalue weighted by Crippen LogP contribution is -2.37. The van der Waals surface area contributed by atoms with Crippen molar-refractivity contribution in [3.63, 3.8) is 0 Å². The Morgan fingerprint density at radius 1 is 1.48 bits per heavy atom. The van der Waals surface area contributed by atoms with Crippen molar-refractivity contribution in [2.75, 3.05) is 18.4 Å². The van der Waals surface area contributed by atoms with Gasteiger partial charge >= 0.3 is 0 Å². The standard InChI is InChI=1S/C15H19N3O3/c1-2-16-11-4-6-14(18(20)21)13(8-11)15(19)17-9-10-3-5-12(17)7-10/h4,6,8,10,12,16H,2-3,5,7,9H2,1H3. The highest BCUT2D eigenvalue weighted by molar-refractivity contribution is 5.99. The topological polar surface area (TPSA) is 75.5 Å². The van der Waals surface area contributed by atoms with Gasteiger partial charge in [0.25, 0.3) is 11.6 Å². The minimum Gasteiger partial charge on any atom is -0.385 e.